The second-order valence-corrected chi connectivity index (χ2v) is 6.80. The summed E-state index contributed by atoms with van der Waals surface area (Å²) < 4.78 is 4.79. The Morgan fingerprint density at radius 2 is 1.32 bits per heavy atom. The molecule has 0 amide bonds. The van der Waals surface area contributed by atoms with Crippen molar-refractivity contribution in [2.45, 2.75) is 104 Å². The van der Waals surface area contributed by atoms with Crippen molar-refractivity contribution in [3.63, 3.8) is 0 Å². The monoisotopic (exact) mass is 307 g/mol. The fourth-order valence-electron chi connectivity index (χ4n) is 3.20. The van der Waals surface area contributed by atoms with Gasteiger partial charge in [0.05, 0.1) is 13.6 Å². The van der Waals surface area contributed by atoms with Crippen LogP contribution in [0.1, 0.15) is 96.7 Å². The van der Waals surface area contributed by atoms with Crippen molar-refractivity contribution in [3.8, 4) is 0 Å². The van der Waals surface area contributed by atoms with E-state index in [-0.39, 0.29) is 0 Å². The molecule has 0 aliphatic heterocycles. The third kappa shape index (κ3) is 8.00. The summed E-state index contributed by atoms with van der Waals surface area (Å²) in [6, 6.07) is 0. The van der Waals surface area contributed by atoms with E-state index in [0.717, 1.165) is 0 Å². The number of rotatable bonds is 14. The molecule has 0 aliphatic carbocycles. The van der Waals surface area contributed by atoms with Gasteiger partial charge in [-0.25, -0.2) is 9.13 Å². The molecule has 0 saturated carbocycles. The third-order valence-corrected chi connectivity index (χ3v) is 4.72. The van der Waals surface area contributed by atoms with Crippen LogP contribution in [0.3, 0.4) is 0 Å². The molecule has 0 N–H and O–H groups in total. The predicted octanol–water partition coefficient (Wildman–Crippen LogP) is 5.58. The average molecular weight is 308 g/mol. The first-order valence-electron chi connectivity index (χ1n) is 9.83. The summed E-state index contributed by atoms with van der Waals surface area (Å²) in [5.41, 5.74) is 0. The highest BCUT2D eigenvalue weighted by Crippen LogP contribution is 2.11. The predicted molar refractivity (Wildman–Crippen MR) is 96.1 cm³/mol. The van der Waals surface area contributed by atoms with E-state index in [1.54, 1.807) is 0 Å². The van der Waals surface area contributed by atoms with Crippen LogP contribution < -0.4 is 4.57 Å². The number of imidazole rings is 1. The molecular formula is C20H39N2+. The summed E-state index contributed by atoms with van der Waals surface area (Å²) in [6.07, 6.45) is 22.4. The zero-order valence-corrected chi connectivity index (χ0v) is 15.4. The van der Waals surface area contributed by atoms with Gasteiger partial charge in [-0.2, -0.15) is 0 Å². The normalized spacial score (nSPS) is 11.2. The SMILES string of the molecule is CCCCCCCCCCCc1n(CCCCC)cc[n+]1C. The maximum absolute atomic E-state index is 2.47. The molecular weight excluding hydrogens is 268 g/mol. The topological polar surface area (TPSA) is 8.81 Å². The fraction of sp³-hybridized carbons (Fsp3) is 0.850. The van der Waals surface area contributed by atoms with Gasteiger partial charge < -0.3 is 0 Å². The van der Waals surface area contributed by atoms with Gasteiger partial charge in [-0.3, -0.25) is 0 Å². The van der Waals surface area contributed by atoms with Crippen molar-refractivity contribution < 1.29 is 4.57 Å². The molecule has 0 saturated heterocycles. The Morgan fingerprint density at radius 1 is 0.773 bits per heavy atom. The molecule has 22 heavy (non-hydrogen) atoms. The fourth-order valence-corrected chi connectivity index (χ4v) is 3.20. The second kappa shape index (κ2) is 12.7. The van der Waals surface area contributed by atoms with Crippen molar-refractivity contribution in [2.75, 3.05) is 0 Å². The van der Waals surface area contributed by atoms with Gasteiger partial charge >= 0.3 is 0 Å². The van der Waals surface area contributed by atoms with Crippen molar-refractivity contribution in [1.82, 2.24) is 4.57 Å². The summed E-state index contributed by atoms with van der Waals surface area (Å²) in [5, 5.41) is 0. The second-order valence-electron chi connectivity index (χ2n) is 6.80. The van der Waals surface area contributed by atoms with Crippen LogP contribution in [0.2, 0.25) is 0 Å². The van der Waals surface area contributed by atoms with Crippen molar-refractivity contribution in [2.24, 2.45) is 7.05 Å². The van der Waals surface area contributed by atoms with E-state index in [0.29, 0.717) is 0 Å². The number of unbranched alkanes of at least 4 members (excludes halogenated alkanes) is 10. The molecule has 2 nitrogen and oxygen atoms in total. The molecule has 0 radical (unpaired) electrons. The molecule has 0 aromatic carbocycles. The van der Waals surface area contributed by atoms with Crippen LogP contribution in [-0.2, 0) is 20.0 Å². The van der Waals surface area contributed by atoms with E-state index in [2.05, 4.69) is 42.4 Å². The van der Waals surface area contributed by atoms with Crippen molar-refractivity contribution in [1.29, 1.82) is 0 Å². The maximum Gasteiger partial charge on any atom is 0.256 e. The van der Waals surface area contributed by atoms with Crippen LogP contribution in [0.4, 0.5) is 0 Å². The molecule has 0 bridgehead atoms. The first-order valence-corrected chi connectivity index (χ1v) is 9.83. The first kappa shape index (κ1) is 19.3. The molecule has 0 aliphatic rings. The van der Waals surface area contributed by atoms with Gasteiger partial charge in [0.1, 0.15) is 12.4 Å². The summed E-state index contributed by atoms with van der Waals surface area (Å²) in [7, 11) is 2.19. The number of aromatic nitrogens is 2. The standard InChI is InChI=1S/C20H39N2/c1-4-6-8-9-10-11-12-13-14-16-20-21(3)18-19-22(20)17-15-7-5-2/h18-19H,4-17H2,1-3H3/q+1. The van der Waals surface area contributed by atoms with Crippen LogP contribution in [0, 0.1) is 0 Å². The van der Waals surface area contributed by atoms with Crippen molar-refractivity contribution in [3.05, 3.63) is 18.2 Å². The lowest BCUT2D eigenvalue weighted by Crippen LogP contribution is -2.32. The molecule has 1 heterocycles. The number of nitrogens with zero attached hydrogens (tertiary/aromatic N) is 2. The molecule has 1 rings (SSSR count). The lowest BCUT2D eigenvalue weighted by atomic mass is 10.1. The number of hydrogen-bond acceptors (Lipinski definition) is 0. The minimum Gasteiger partial charge on any atom is -0.237 e. The Morgan fingerprint density at radius 3 is 1.95 bits per heavy atom. The van der Waals surface area contributed by atoms with Crippen LogP contribution in [0.5, 0.6) is 0 Å². The van der Waals surface area contributed by atoms with Crippen LogP contribution in [-0.4, -0.2) is 4.57 Å². The van der Waals surface area contributed by atoms with Crippen LogP contribution >= 0.6 is 0 Å². The molecule has 0 fully saturated rings. The summed E-state index contributed by atoms with van der Waals surface area (Å²) in [4.78, 5) is 0. The quantitative estimate of drug-likeness (QED) is 0.313. The lowest BCUT2D eigenvalue weighted by molar-refractivity contribution is -0.678. The zero-order chi connectivity index (χ0) is 16.0. The average Bonchev–Trinajstić information content (AvgIpc) is 2.87. The van der Waals surface area contributed by atoms with Gasteiger partial charge in [0.15, 0.2) is 0 Å². The van der Waals surface area contributed by atoms with Gasteiger partial charge in [-0.1, -0.05) is 71.6 Å². The number of aryl methyl sites for hydroxylation is 2. The molecule has 0 atom stereocenters. The maximum atomic E-state index is 2.47. The highest BCUT2D eigenvalue weighted by atomic mass is 15.1. The Hall–Kier alpha value is -0.790. The van der Waals surface area contributed by atoms with E-state index >= 15 is 0 Å². The first-order chi connectivity index (χ1) is 10.8. The van der Waals surface area contributed by atoms with Gasteiger partial charge in [0, 0.05) is 6.42 Å². The summed E-state index contributed by atoms with van der Waals surface area (Å²) in [6.45, 7) is 5.76. The van der Waals surface area contributed by atoms with Gasteiger partial charge in [0.25, 0.3) is 5.82 Å². The Labute approximate surface area is 138 Å². The molecule has 0 spiro atoms. The van der Waals surface area contributed by atoms with E-state index in [4.69, 9.17) is 0 Å². The Kier molecular flexibility index (Phi) is 11.1. The lowest BCUT2D eigenvalue weighted by Gasteiger charge is -2.04. The molecule has 1 aromatic heterocycles. The van der Waals surface area contributed by atoms with Gasteiger partial charge in [-0.15, -0.1) is 0 Å². The third-order valence-electron chi connectivity index (χ3n) is 4.72. The molecule has 0 unspecified atom stereocenters. The number of hydrogen-bond donors (Lipinski definition) is 0. The van der Waals surface area contributed by atoms with E-state index in [9.17, 15) is 0 Å². The summed E-state index contributed by atoms with van der Waals surface area (Å²) >= 11 is 0. The molecule has 128 valence electrons. The minimum absolute atomic E-state index is 1.20. The van der Waals surface area contributed by atoms with E-state index in [1.165, 1.54) is 95.8 Å². The molecule has 2 heteroatoms. The van der Waals surface area contributed by atoms with Crippen LogP contribution in [0.15, 0.2) is 12.4 Å². The van der Waals surface area contributed by atoms with E-state index < -0.39 is 0 Å². The van der Waals surface area contributed by atoms with E-state index in [1.807, 2.05) is 0 Å². The molecule has 1 aromatic rings. The Balaban J connectivity index is 2.12. The largest absolute Gasteiger partial charge is 0.256 e. The van der Waals surface area contributed by atoms with Crippen LogP contribution in [0.25, 0.3) is 0 Å². The highest BCUT2D eigenvalue weighted by Gasteiger charge is 2.13. The highest BCUT2D eigenvalue weighted by molar-refractivity contribution is 4.84. The minimum atomic E-state index is 1.20. The Bertz CT molecular complexity index is 368. The van der Waals surface area contributed by atoms with Gasteiger partial charge in [-0.05, 0) is 19.3 Å². The summed E-state index contributed by atoms with van der Waals surface area (Å²) in [5.74, 6) is 1.51. The van der Waals surface area contributed by atoms with Gasteiger partial charge in [0.2, 0.25) is 0 Å². The smallest absolute Gasteiger partial charge is 0.237 e. The van der Waals surface area contributed by atoms with Crippen molar-refractivity contribution >= 4 is 0 Å². The zero-order valence-electron chi connectivity index (χ0n) is 15.4.